The molecule has 18 heavy (non-hydrogen) atoms. The van der Waals surface area contributed by atoms with E-state index in [-0.39, 0.29) is 23.3 Å². The number of carbonyl (C=O) groups is 1. The highest BCUT2D eigenvalue weighted by Crippen LogP contribution is 2.21. The van der Waals surface area contributed by atoms with Crippen molar-refractivity contribution in [2.24, 2.45) is 0 Å². The zero-order valence-corrected chi connectivity index (χ0v) is 13.1. The minimum atomic E-state index is -0.389. The number of esters is 1. The van der Waals surface area contributed by atoms with Gasteiger partial charge < -0.3 is 9.47 Å². The minimum absolute atomic E-state index is 0.123. The fourth-order valence-corrected chi connectivity index (χ4v) is 1.74. The molecule has 0 saturated carbocycles. The van der Waals surface area contributed by atoms with Gasteiger partial charge in [-0.1, -0.05) is 6.92 Å². The molecule has 0 bridgehead atoms. The van der Waals surface area contributed by atoms with Crippen molar-refractivity contribution in [2.75, 3.05) is 0 Å². The molecule has 0 N–H and O–H groups in total. The van der Waals surface area contributed by atoms with Crippen molar-refractivity contribution in [1.29, 1.82) is 0 Å². The van der Waals surface area contributed by atoms with Crippen molar-refractivity contribution in [3.63, 3.8) is 0 Å². The van der Waals surface area contributed by atoms with Gasteiger partial charge >= 0.3 is 5.97 Å². The fourth-order valence-electron chi connectivity index (χ4n) is 1.74. The molecule has 3 nitrogen and oxygen atoms in total. The highest BCUT2D eigenvalue weighted by atomic mass is 16.6. The lowest BCUT2D eigenvalue weighted by atomic mass is 10.0. The molecule has 0 fully saturated rings. The molecule has 0 aromatic rings. The lowest BCUT2D eigenvalue weighted by Gasteiger charge is -2.29. The summed E-state index contributed by atoms with van der Waals surface area (Å²) in [7, 11) is 0. The maximum Gasteiger partial charge on any atom is 0.306 e. The molecular weight excluding hydrogens is 228 g/mol. The van der Waals surface area contributed by atoms with Crippen LogP contribution in [0.2, 0.25) is 0 Å². The summed E-state index contributed by atoms with van der Waals surface area (Å²) < 4.78 is 11.2. The Morgan fingerprint density at radius 3 is 2.17 bits per heavy atom. The first kappa shape index (κ1) is 17.4. The smallest absolute Gasteiger partial charge is 0.306 e. The maximum atomic E-state index is 11.6. The number of hydrogen-bond donors (Lipinski definition) is 0. The minimum Gasteiger partial charge on any atom is -0.460 e. The van der Waals surface area contributed by atoms with Gasteiger partial charge in [0.05, 0.1) is 11.7 Å². The Kier molecular flexibility index (Phi) is 6.90. The number of rotatable bonds is 7. The van der Waals surface area contributed by atoms with Crippen LogP contribution in [0.3, 0.4) is 0 Å². The lowest BCUT2D eigenvalue weighted by molar-refractivity contribution is -0.155. The predicted molar refractivity (Wildman–Crippen MR) is 74.6 cm³/mol. The van der Waals surface area contributed by atoms with Gasteiger partial charge in [-0.25, -0.2) is 0 Å². The molecule has 0 radical (unpaired) electrons. The Balaban J connectivity index is 3.92. The molecule has 1 unspecified atom stereocenters. The molecule has 0 heterocycles. The van der Waals surface area contributed by atoms with Crippen molar-refractivity contribution in [2.45, 2.75) is 91.5 Å². The van der Waals surface area contributed by atoms with E-state index in [1.807, 2.05) is 20.8 Å². The van der Waals surface area contributed by atoms with Crippen molar-refractivity contribution in [1.82, 2.24) is 0 Å². The first-order valence-electron chi connectivity index (χ1n) is 6.95. The van der Waals surface area contributed by atoms with Crippen LogP contribution in [0, 0.1) is 0 Å². The largest absolute Gasteiger partial charge is 0.460 e. The third-order valence-electron chi connectivity index (χ3n) is 2.67. The Bertz CT molecular complexity index is 251. The summed E-state index contributed by atoms with van der Waals surface area (Å²) >= 11 is 0. The summed E-state index contributed by atoms with van der Waals surface area (Å²) in [4.78, 5) is 11.6. The number of hydrogen-bond acceptors (Lipinski definition) is 3. The predicted octanol–water partition coefficient (Wildman–Crippen LogP) is 4.09. The van der Waals surface area contributed by atoms with E-state index >= 15 is 0 Å². The summed E-state index contributed by atoms with van der Waals surface area (Å²) in [6.07, 6.45) is 3.41. The van der Waals surface area contributed by atoms with E-state index in [1.165, 1.54) is 0 Å². The van der Waals surface area contributed by atoms with Gasteiger partial charge in [-0.15, -0.1) is 0 Å². The molecule has 1 atom stereocenters. The van der Waals surface area contributed by atoms with Gasteiger partial charge in [0.25, 0.3) is 0 Å². The van der Waals surface area contributed by atoms with E-state index in [1.54, 1.807) is 0 Å². The van der Waals surface area contributed by atoms with E-state index < -0.39 is 0 Å². The zero-order valence-electron chi connectivity index (χ0n) is 13.1. The van der Waals surface area contributed by atoms with E-state index in [9.17, 15) is 4.79 Å². The maximum absolute atomic E-state index is 11.6. The van der Waals surface area contributed by atoms with E-state index in [4.69, 9.17) is 9.47 Å². The van der Waals surface area contributed by atoms with Crippen molar-refractivity contribution < 1.29 is 14.3 Å². The molecule has 0 aliphatic carbocycles. The molecule has 0 rings (SSSR count). The standard InChI is InChI=1S/C15H30O3/c1-8-12(2)17-15(6,7)11-9-10-13(16)18-14(3,4)5/h12H,8-11H2,1-7H3. The molecular formula is C15H30O3. The molecule has 108 valence electrons. The Labute approximate surface area is 112 Å². The average Bonchev–Trinajstić information content (AvgIpc) is 2.13. The van der Waals surface area contributed by atoms with Crippen molar-refractivity contribution in [3.05, 3.63) is 0 Å². The number of carbonyl (C=O) groups excluding carboxylic acids is 1. The van der Waals surface area contributed by atoms with Gasteiger partial charge in [0.2, 0.25) is 0 Å². The second-order valence-corrected chi connectivity index (χ2v) is 6.54. The van der Waals surface area contributed by atoms with Crippen molar-refractivity contribution >= 4 is 5.97 Å². The molecule has 0 aromatic carbocycles. The first-order valence-corrected chi connectivity index (χ1v) is 6.95. The summed E-state index contributed by atoms with van der Waals surface area (Å²) in [5.41, 5.74) is -0.558. The summed E-state index contributed by atoms with van der Waals surface area (Å²) in [6, 6.07) is 0. The van der Waals surface area contributed by atoms with Gasteiger partial charge in [-0.05, 0) is 60.8 Å². The summed E-state index contributed by atoms with van der Waals surface area (Å²) in [5.74, 6) is -0.123. The van der Waals surface area contributed by atoms with Crippen LogP contribution in [0.4, 0.5) is 0 Å². The van der Waals surface area contributed by atoms with E-state index in [0.29, 0.717) is 6.42 Å². The number of ether oxygens (including phenoxy) is 2. The van der Waals surface area contributed by atoms with Crippen LogP contribution >= 0.6 is 0 Å². The Morgan fingerprint density at radius 1 is 1.17 bits per heavy atom. The Morgan fingerprint density at radius 2 is 1.72 bits per heavy atom. The van der Waals surface area contributed by atoms with Gasteiger partial charge in [0.15, 0.2) is 0 Å². The van der Waals surface area contributed by atoms with Crippen molar-refractivity contribution in [3.8, 4) is 0 Å². The van der Waals surface area contributed by atoms with Crippen LogP contribution in [0.5, 0.6) is 0 Å². The highest BCUT2D eigenvalue weighted by Gasteiger charge is 2.22. The van der Waals surface area contributed by atoms with E-state index in [2.05, 4.69) is 27.7 Å². The summed E-state index contributed by atoms with van der Waals surface area (Å²) in [6.45, 7) is 14.0. The quantitative estimate of drug-likeness (QED) is 0.645. The monoisotopic (exact) mass is 258 g/mol. The fraction of sp³-hybridized carbons (Fsp3) is 0.933. The van der Waals surface area contributed by atoms with E-state index in [0.717, 1.165) is 19.3 Å². The lowest BCUT2D eigenvalue weighted by Crippen LogP contribution is -2.29. The molecule has 0 spiro atoms. The molecule has 0 aromatic heterocycles. The van der Waals surface area contributed by atoms with Crippen LogP contribution < -0.4 is 0 Å². The topological polar surface area (TPSA) is 35.5 Å². The van der Waals surface area contributed by atoms with Crippen LogP contribution in [0.25, 0.3) is 0 Å². The average molecular weight is 258 g/mol. The molecule has 0 aliphatic rings. The van der Waals surface area contributed by atoms with Gasteiger partial charge in [-0.2, -0.15) is 0 Å². The summed E-state index contributed by atoms with van der Waals surface area (Å²) in [5, 5.41) is 0. The second-order valence-electron chi connectivity index (χ2n) is 6.54. The zero-order chi connectivity index (χ0) is 14.4. The molecule has 0 aliphatic heterocycles. The van der Waals surface area contributed by atoms with Gasteiger partial charge in [0, 0.05) is 6.42 Å². The van der Waals surface area contributed by atoms with Crippen LogP contribution in [-0.2, 0) is 14.3 Å². The SMILES string of the molecule is CCC(C)OC(C)(C)CCCC(=O)OC(C)(C)C. The second kappa shape index (κ2) is 7.13. The first-order chi connectivity index (χ1) is 8.06. The van der Waals surface area contributed by atoms with Gasteiger partial charge in [0.1, 0.15) is 5.60 Å². The third kappa shape index (κ3) is 9.46. The molecule has 0 amide bonds. The van der Waals surface area contributed by atoms with Gasteiger partial charge in [-0.3, -0.25) is 4.79 Å². The molecule has 3 heteroatoms. The molecule has 0 saturated heterocycles. The van der Waals surface area contributed by atoms with Crippen LogP contribution in [0.15, 0.2) is 0 Å². The normalized spacial score (nSPS) is 14.4. The highest BCUT2D eigenvalue weighted by molar-refractivity contribution is 5.69. The third-order valence-corrected chi connectivity index (χ3v) is 2.67. The van der Waals surface area contributed by atoms with Crippen LogP contribution in [-0.4, -0.2) is 23.3 Å². The van der Waals surface area contributed by atoms with Crippen LogP contribution in [0.1, 0.15) is 74.1 Å². The Hall–Kier alpha value is -0.570.